The fourth-order valence-corrected chi connectivity index (χ4v) is 2.75. The van der Waals surface area contributed by atoms with Crippen molar-refractivity contribution in [3.63, 3.8) is 0 Å². The molecule has 3 heteroatoms. The van der Waals surface area contributed by atoms with Crippen LogP contribution in [0.15, 0.2) is 23.2 Å². The number of rotatable bonds is 2. The van der Waals surface area contributed by atoms with E-state index >= 15 is 0 Å². The lowest BCUT2D eigenvalue weighted by atomic mass is 10.2. The Hall–Kier alpha value is -0.540. The Morgan fingerprint density at radius 2 is 2.14 bits per heavy atom. The van der Waals surface area contributed by atoms with Crippen LogP contribution in [0.5, 0.6) is 0 Å². The lowest BCUT2D eigenvalue weighted by Gasteiger charge is -2.21. The Morgan fingerprint density at radius 1 is 1.36 bits per heavy atom. The van der Waals surface area contributed by atoms with E-state index in [0.717, 1.165) is 24.0 Å². The summed E-state index contributed by atoms with van der Waals surface area (Å²) in [5.74, 6) is 0. The van der Waals surface area contributed by atoms with Gasteiger partial charge in [-0.25, -0.2) is 0 Å². The third-order valence-electron chi connectivity index (χ3n) is 2.47. The number of hydrogen-bond donors (Lipinski definition) is 1. The molecule has 0 atom stereocenters. The van der Waals surface area contributed by atoms with Crippen LogP contribution in [0.25, 0.3) is 0 Å². The zero-order valence-corrected chi connectivity index (χ0v) is 9.31. The molecule has 0 amide bonds. The molecule has 1 aliphatic heterocycles. The number of thioether (sulfide) groups is 1. The fraction of sp³-hybridized carbons (Fsp3) is 0.545. The quantitative estimate of drug-likeness (QED) is 0.807. The number of pyridine rings is 1. The zero-order valence-electron chi connectivity index (χ0n) is 8.49. The van der Waals surface area contributed by atoms with Crippen LogP contribution < -0.4 is 5.32 Å². The highest BCUT2D eigenvalue weighted by Crippen LogP contribution is 2.27. The first-order valence-electron chi connectivity index (χ1n) is 5.14. The second-order valence-corrected chi connectivity index (χ2v) is 5.08. The number of aromatic nitrogens is 1. The van der Waals surface area contributed by atoms with E-state index in [9.17, 15) is 0 Å². The van der Waals surface area contributed by atoms with Crippen LogP contribution in [-0.4, -0.2) is 23.3 Å². The van der Waals surface area contributed by atoms with Crippen LogP contribution in [-0.2, 0) is 0 Å². The van der Waals surface area contributed by atoms with Crippen LogP contribution in [0.2, 0.25) is 0 Å². The number of piperidine rings is 1. The molecule has 2 rings (SSSR count). The van der Waals surface area contributed by atoms with Gasteiger partial charge < -0.3 is 5.32 Å². The van der Waals surface area contributed by atoms with E-state index in [4.69, 9.17) is 0 Å². The third-order valence-corrected chi connectivity index (χ3v) is 3.79. The van der Waals surface area contributed by atoms with E-state index in [0.29, 0.717) is 0 Å². The predicted octanol–water partition coefficient (Wildman–Crippen LogP) is 2.23. The lowest BCUT2D eigenvalue weighted by molar-refractivity contribution is 0.531. The largest absolute Gasteiger partial charge is 0.317 e. The molecule has 1 aromatic heterocycles. The van der Waals surface area contributed by atoms with E-state index in [-0.39, 0.29) is 0 Å². The van der Waals surface area contributed by atoms with E-state index in [1.165, 1.54) is 17.7 Å². The third kappa shape index (κ3) is 2.72. The van der Waals surface area contributed by atoms with Gasteiger partial charge in [-0.05, 0) is 45.0 Å². The smallest absolute Gasteiger partial charge is 0.0407 e. The summed E-state index contributed by atoms with van der Waals surface area (Å²) >= 11 is 1.97. The van der Waals surface area contributed by atoms with Gasteiger partial charge in [-0.1, -0.05) is 0 Å². The van der Waals surface area contributed by atoms with Crippen molar-refractivity contribution in [3.8, 4) is 0 Å². The number of nitrogens with zero attached hydrogens (tertiary/aromatic N) is 1. The summed E-state index contributed by atoms with van der Waals surface area (Å²) in [6, 6.07) is 4.26. The molecule has 76 valence electrons. The molecule has 1 N–H and O–H groups in total. The second kappa shape index (κ2) is 4.80. The summed E-state index contributed by atoms with van der Waals surface area (Å²) in [6.07, 6.45) is 4.54. The molecule has 1 saturated heterocycles. The summed E-state index contributed by atoms with van der Waals surface area (Å²) in [6.45, 7) is 4.35. The average Bonchev–Trinajstić information content (AvgIpc) is 2.23. The topological polar surface area (TPSA) is 24.9 Å². The van der Waals surface area contributed by atoms with Crippen LogP contribution in [0.1, 0.15) is 18.5 Å². The maximum absolute atomic E-state index is 4.31. The lowest BCUT2D eigenvalue weighted by Crippen LogP contribution is -2.29. The molecule has 0 saturated carbocycles. The molecule has 0 spiro atoms. The van der Waals surface area contributed by atoms with Gasteiger partial charge in [-0.2, -0.15) is 0 Å². The molecule has 2 heterocycles. The van der Waals surface area contributed by atoms with Gasteiger partial charge in [0, 0.05) is 22.0 Å². The van der Waals surface area contributed by atoms with Crippen molar-refractivity contribution in [2.24, 2.45) is 0 Å². The van der Waals surface area contributed by atoms with Gasteiger partial charge in [0.25, 0.3) is 0 Å². The summed E-state index contributed by atoms with van der Waals surface area (Å²) < 4.78 is 0. The average molecular weight is 208 g/mol. The molecule has 1 fully saturated rings. The monoisotopic (exact) mass is 208 g/mol. The van der Waals surface area contributed by atoms with Crippen molar-refractivity contribution in [1.82, 2.24) is 10.3 Å². The highest BCUT2D eigenvalue weighted by Gasteiger charge is 2.13. The Morgan fingerprint density at radius 3 is 2.79 bits per heavy atom. The first kappa shape index (κ1) is 9.99. The van der Waals surface area contributed by atoms with Gasteiger partial charge in [0.2, 0.25) is 0 Å². The molecular formula is C11H16N2S. The number of aryl methyl sites for hydroxylation is 1. The Bertz CT molecular complexity index is 278. The van der Waals surface area contributed by atoms with Crippen molar-refractivity contribution in [2.75, 3.05) is 13.1 Å². The van der Waals surface area contributed by atoms with Crippen LogP contribution in [0, 0.1) is 6.92 Å². The molecule has 1 aliphatic rings. The Labute approximate surface area is 89.5 Å². The Kier molecular flexibility index (Phi) is 3.43. The highest BCUT2D eigenvalue weighted by molar-refractivity contribution is 8.00. The molecular weight excluding hydrogens is 192 g/mol. The zero-order chi connectivity index (χ0) is 9.80. The standard InChI is InChI=1S/C11H16N2S/c1-9-2-3-11(8-13-9)14-10-4-6-12-7-5-10/h2-3,8,10,12H,4-7H2,1H3. The van der Waals surface area contributed by atoms with Crippen molar-refractivity contribution < 1.29 is 0 Å². The van der Waals surface area contributed by atoms with Gasteiger partial charge in [-0.3, -0.25) is 4.98 Å². The SMILES string of the molecule is Cc1ccc(SC2CCNCC2)cn1. The van der Waals surface area contributed by atoms with E-state index in [2.05, 4.69) is 22.4 Å². The van der Waals surface area contributed by atoms with Gasteiger partial charge in [-0.15, -0.1) is 11.8 Å². The summed E-state index contributed by atoms with van der Waals surface area (Å²) in [4.78, 5) is 5.62. The molecule has 0 bridgehead atoms. The first-order valence-corrected chi connectivity index (χ1v) is 6.02. The second-order valence-electron chi connectivity index (χ2n) is 3.70. The van der Waals surface area contributed by atoms with Crippen molar-refractivity contribution >= 4 is 11.8 Å². The van der Waals surface area contributed by atoms with Crippen molar-refractivity contribution in [3.05, 3.63) is 24.0 Å². The minimum absolute atomic E-state index is 0.778. The molecule has 0 radical (unpaired) electrons. The normalized spacial score (nSPS) is 18.4. The predicted molar refractivity (Wildman–Crippen MR) is 60.7 cm³/mol. The van der Waals surface area contributed by atoms with Gasteiger partial charge >= 0.3 is 0 Å². The molecule has 0 aromatic carbocycles. The van der Waals surface area contributed by atoms with Crippen LogP contribution in [0.4, 0.5) is 0 Å². The molecule has 14 heavy (non-hydrogen) atoms. The first-order chi connectivity index (χ1) is 6.84. The summed E-state index contributed by atoms with van der Waals surface area (Å²) in [7, 11) is 0. The fourth-order valence-electron chi connectivity index (χ4n) is 1.63. The van der Waals surface area contributed by atoms with Gasteiger partial charge in [0.1, 0.15) is 0 Å². The minimum atomic E-state index is 0.778. The maximum atomic E-state index is 4.31. The highest BCUT2D eigenvalue weighted by atomic mass is 32.2. The maximum Gasteiger partial charge on any atom is 0.0407 e. The summed E-state index contributed by atoms with van der Waals surface area (Å²) in [5, 5.41) is 4.16. The minimum Gasteiger partial charge on any atom is -0.317 e. The van der Waals surface area contributed by atoms with E-state index < -0.39 is 0 Å². The van der Waals surface area contributed by atoms with Crippen molar-refractivity contribution in [2.45, 2.75) is 29.9 Å². The van der Waals surface area contributed by atoms with Gasteiger partial charge in [0.05, 0.1) is 0 Å². The molecule has 0 unspecified atom stereocenters. The van der Waals surface area contributed by atoms with Crippen LogP contribution >= 0.6 is 11.8 Å². The molecule has 2 nitrogen and oxygen atoms in total. The summed E-state index contributed by atoms with van der Waals surface area (Å²) in [5.41, 5.74) is 1.10. The molecule has 1 aromatic rings. The number of hydrogen-bond acceptors (Lipinski definition) is 3. The van der Waals surface area contributed by atoms with Gasteiger partial charge in [0.15, 0.2) is 0 Å². The number of nitrogens with one attached hydrogen (secondary N) is 1. The van der Waals surface area contributed by atoms with Crippen molar-refractivity contribution in [1.29, 1.82) is 0 Å². The molecule has 0 aliphatic carbocycles. The van der Waals surface area contributed by atoms with E-state index in [1.807, 2.05) is 24.9 Å². The van der Waals surface area contributed by atoms with Crippen LogP contribution in [0.3, 0.4) is 0 Å². The van der Waals surface area contributed by atoms with E-state index in [1.54, 1.807) is 0 Å². The Balaban J connectivity index is 1.92.